The summed E-state index contributed by atoms with van der Waals surface area (Å²) in [5.41, 5.74) is 6.62. The number of nitrogens with two attached hydrogens (primary N) is 1. The molecule has 0 aliphatic heterocycles. The fraction of sp³-hybridized carbons (Fsp3) is 0.500. The number of benzene rings is 1. The van der Waals surface area contributed by atoms with Gasteiger partial charge in [-0.15, -0.1) is 0 Å². The molecule has 1 aromatic rings. The maximum absolute atomic E-state index is 5.90. The van der Waals surface area contributed by atoms with Gasteiger partial charge < -0.3 is 10.5 Å². The summed E-state index contributed by atoms with van der Waals surface area (Å²) in [6, 6.07) is 5.57. The van der Waals surface area contributed by atoms with Crippen molar-refractivity contribution in [1.29, 1.82) is 0 Å². The average Bonchev–Trinajstić information content (AvgIpc) is 2.26. The van der Waals surface area contributed by atoms with Gasteiger partial charge in [0, 0.05) is 17.1 Å². The SMILES string of the molecule is CCC(C)COc1cc(Cl)ccc1CN. The Bertz CT molecular complexity index is 314. The molecule has 1 aromatic carbocycles. The first kappa shape index (κ1) is 12.3. The molecule has 1 atom stereocenters. The van der Waals surface area contributed by atoms with E-state index >= 15 is 0 Å². The highest BCUT2D eigenvalue weighted by Crippen LogP contribution is 2.23. The summed E-state index contributed by atoms with van der Waals surface area (Å²) in [4.78, 5) is 0. The van der Waals surface area contributed by atoms with E-state index in [1.54, 1.807) is 0 Å². The Hall–Kier alpha value is -0.730. The number of halogens is 1. The molecule has 2 nitrogen and oxygen atoms in total. The third-order valence-electron chi connectivity index (χ3n) is 2.47. The molecule has 0 saturated carbocycles. The van der Waals surface area contributed by atoms with E-state index in [2.05, 4.69) is 13.8 Å². The minimum absolute atomic E-state index is 0.479. The Kier molecular flexibility index (Phi) is 4.92. The van der Waals surface area contributed by atoms with Gasteiger partial charge in [0.1, 0.15) is 5.75 Å². The average molecular weight is 228 g/mol. The molecule has 2 N–H and O–H groups in total. The molecule has 0 aromatic heterocycles. The van der Waals surface area contributed by atoms with Crippen molar-refractivity contribution in [2.75, 3.05) is 6.61 Å². The van der Waals surface area contributed by atoms with Crippen LogP contribution >= 0.6 is 11.6 Å². The second-order valence-electron chi connectivity index (χ2n) is 3.78. The fourth-order valence-electron chi connectivity index (χ4n) is 1.18. The predicted octanol–water partition coefficient (Wildman–Crippen LogP) is 3.22. The number of rotatable bonds is 5. The van der Waals surface area contributed by atoms with E-state index < -0.39 is 0 Å². The molecular weight excluding hydrogens is 210 g/mol. The van der Waals surface area contributed by atoms with Gasteiger partial charge in [-0.25, -0.2) is 0 Å². The van der Waals surface area contributed by atoms with Gasteiger partial charge in [-0.1, -0.05) is 37.9 Å². The molecule has 0 spiro atoms. The van der Waals surface area contributed by atoms with Crippen molar-refractivity contribution in [3.63, 3.8) is 0 Å². The quantitative estimate of drug-likeness (QED) is 0.838. The molecule has 0 bridgehead atoms. The standard InChI is InChI=1S/C12H18ClNO/c1-3-9(2)8-15-12-6-11(13)5-4-10(12)7-14/h4-6,9H,3,7-8,14H2,1-2H3. The Morgan fingerprint density at radius 3 is 2.80 bits per heavy atom. The lowest BCUT2D eigenvalue weighted by Gasteiger charge is -2.13. The molecule has 0 saturated heterocycles. The maximum atomic E-state index is 5.90. The van der Waals surface area contributed by atoms with Crippen molar-refractivity contribution in [3.8, 4) is 5.75 Å². The van der Waals surface area contributed by atoms with E-state index in [9.17, 15) is 0 Å². The molecule has 1 rings (SSSR count). The molecule has 0 aliphatic rings. The third kappa shape index (κ3) is 3.73. The molecule has 0 radical (unpaired) electrons. The van der Waals surface area contributed by atoms with Crippen molar-refractivity contribution < 1.29 is 4.74 Å². The lowest BCUT2D eigenvalue weighted by atomic mass is 10.1. The van der Waals surface area contributed by atoms with E-state index in [-0.39, 0.29) is 0 Å². The van der Waals surface area contributed by atoms with Crippen molar-refractivity contribution in [2.45, 2.75) is 26.8 Å². The predicted molar refractivity (Wildman–Crippen MR) is 64.3 cm³/mol. The summed E-state index contributed by atoms with van der Waals surface area (Å²) in [6.07, 6.45) is 1.11. The third-order valence-corrected chi connectivity index (χ3v) is 2.70. The molecule has 0 fully saturated rings. The van der Waals surface area contributed by atoms with Crippen LogP contribution in [0, 0.1) is 5.92 Å². The molecular formula is C12H18ClNO. The van der Waals surface area contributed by atoms with Gasteiger partial charge >= 0.3 is 0 Å². The van der Waals surface area contributed by atoms with Crippen molar-refractivity contribution in [3.05, 3.63) is 28.8 Å². The molecule has 84 valence electrons. The van der Waals surface area contributed by atoms with Crippen LogP contribution in [0.15, 0.2) is 18.2 Å². The largest absolute Gasteiger partial charge is 0.493 e. The van der Waals surface area contributed by atoms with Crippen LogP contribution in [-0.4, -0.2) is 6.61 Å². The van der Waals surface area contributed by atoms with Crippen LogP contribution in [0.5, 0.6) is 5.75 Å². The van der Waals surface area contributed by atoms with Crippen LogP contribution in [0.4, 0.5) is 0 Å². The van der Waals surface area contributed by atoms with Gasteiger partial charge in [0.2, 0.25) is 0 Å². The fourth-order valence-corrected chi connectivity index (χ4v) is 1.34. The highest BCUT2D eigenvalue weighted by molar-refractivity contribution is 6.30. The van der Waals surface area contributed by atoms with Gasteiger partial charge in [-0.3, -0.25) is 0 Å². The van der Waals surface area contributed by atoms with Gasteiger partial charge in [0.25, 0.3) is 0 Å². The molecule has 15 heavy (non-hydrogen) atoms. The smallest absolute Gasteiger partial charge is 0.125 e. The second-order valence-corrected chi connectivity index (χ2v) is 4.22. The monoisotopic (exact) mass is 227 g/mol. The summed E-state index contributed by atoms with van der Waals surface area (Å²) < 4.78 is 5.70. The number of ether oxygens (including phenoxy) is 1. The summed E-state index contributed by atoms with van der Waals surface area (Å²) in [5, 5.41) is 0.686. The van der Waals surface area contributed by atoms with Gasteiger partial charge in [0.05, 0.1) is 6.61 Å². The summed E-state index contributed by atoms with van der Waals surface area (Å²) in [5.74, 6) is 1.36. The molecule has 0 amide bonds. The minimum atomic E-state index is 0.479. The van der Waals surface area contributed by atoms with Gasteiger partial charge in [0.15, 0.2) is 0 Å². The Morgan fingerprint density at radius 2 is 2.20 bits per heavy atom. The topological polar surface area (TPSA) is 35.2 Å². The zero-order valence-electron chi connectivity index (χ0n) is 9.29. The second kappa shape index (κ2) is 5.99. The van der Waals surface area contributed by atoms with Crippen LogP contribution in [0.25, 0.3) is 0 Å². The lowest BCUT2D eigenvalue weighted by molar-refractivity contribution is 0.254. The molecule has 0 aliphatic carbocycles. The highest BCUT2D eigenvalue weighted by atomic mass is 35.5. The summed E-state index contributed by atoms with van der Waals surface area (Å²) in [7, 11) is 0. The Morgan fingerprint density at radius 1 is 1.47 bits per heavy atom. The van der Waals surface area contributed by atoms with E-state index in [4.69, 9.17) is 22.1 Å². The normalized spacial score (nSPS) is 12.5. The van der Waals surface area contributed by atoms with E-state index in [1.165, 1.54) is 0 Å². The zero-order chi connectivity index (χ0) is 11.3. The molecule has 1 unspecified atom stereocenters. The number of hydrogen-bond donors (Lipinski definition) is 1. The van der Waals surface area contributed by atoms with Crippen molar-refractivity contribution in [2.24, 2.45) is 11.7 Å². The van der Waals surface area contributed by atoms with E-state index in [0.717, 1.165) is 17.7 Å². The first-order valence-electron chi connectivity index (χ1n) is 5.28. The molecule has 0 heterocycles. The number of hydrogen-bond acceptors (Lipinski definition) is 2. The van der Waals surface area contributed by atoms with Gasteiger partial charge in [-0.05, 0) is 18.1 Å². The van der Waals surface area contributed by atoms with Crippen LogP contribution in [-0.2, 0) is 6.54 Å². The lowest BCUT2D eigenvalue weighted by Crippen LogP contribution is -2.09. The van der Waals surface area contributed by atoms with Crippen LogP contribution in [0.1, 0.15) is 25.8 Å². The highest BCUT2D eigenvalue weighted by Gasteiger charge is 2.05. The van der Waals surface area contributed by atoms with Crippen LogP contribution in [0.3, 0.4) is 0 Å². The molecule has 3 heteroatoms. The summed E-state index contributed by atoms with van der Waals surface area (Å²) >= 11 is 5.90. The first-order chi connectivity index (χ1) is 7.17. The minimum Gasteiger partial charge on any atom is -0.493 e. The Balaban J connectivity index is 2.69. The van der Waals surface area contributed by atoms with E-state index in [1.807, 2.05) is 18.2 Å². The van der Waals surface area contributed by atoms with Gasteiger partial charge in [-0.2, -0.15) is 0 Å². The van der Waals surface area contributed by atoms with E-state index in [0.29, 0.717) is 24.1 Å². The maximum Gasteiger partial charge on any atom is 0.125 e. The van der Waals surface area contributed by atoms with Crippen LogP contribution < -0.4 is 10.5 Å². The summed E-state index contributed by atoms with van der Waals surface area (Å²) in [6.45, 7) is 5.50. The zero-order valence-corrected chi connectivity index (χ0v) is 10.1. The van der Waals surface area contributed by atoms with Crippen molar-refractivity contribution in [1.82, 2.24) is 0 Å². The Labute approximate surface area is 96.4 Å². The first-order valence-corrected chi connectivity index (χ1v) is 5.66. The van der Waals surface area contributed by atoms with Crippen molar-refractivity contribution >= 4 is 11.6 Å². The van der Waals surface area contributed by atoms with Crippen LogP contribution in [0.2, 0.25) is 5.02 Å².